The fourth-order valence-electron chi connectivity index (χ4n) is 3.52. The maximum atomic E-state index is 13.7. The molecular formula is C22H24ClFN4O3. The van der Waals surface area contributed by atoms with Gasteiger partial charge in [-0.2, -0.15) is 0 Å². The summed E-state index contributed by atoms with van der Waals surface area (Å²) >= 11 is 5.69. The van der Waals surface area contributed by atoms with Gasteiger partial charge in [-0.15, -0.1) is 0 Å². The first-order valence-electron chi connectivity index (χ1n) is 9.86. The Labute approximate surface area is 184 Å². The van der Waals surface area contributed by atoms with Crippen molar-refractivity contribution in [2.24, 2.45) is 0 Å². The predicted octanol–water partition coefficient (Wildman–Crippen LogP) is 4.02. The molecule has 0 bridgehead atoms. The van der Waals surface area contributed by atoms with Crippen molar-refractivity contribution >= 4 is 46.1 Å². The van der Waals surface area contributed by atoms with E-state index in [1.807, 2.05) is 18.9 Å². The third-order valence-electron chi connectivity index (χ3n) is 5.45. The third-order valence-corrected chi connectivity index (χ3v) is 5.65. The summed E-state index contributed by atoms with van der Waals surface area (Å²) in [5.74, 6) is -1.33. The number of likely N-dealkylation sites (N-methyl/N-ethyl adjacent to an activating group) is 1. The lowest BCUT2D eigenvalue weighted by Crippen LogP contribution is -2.39. The monoisotopic (exact) mass is 446 g/mol. The summed E-state index contributed by atoms with van der Waals surface area (Å²) in [7, 11) is 1.88. The molecule has 3 rings (SSSR count). The summed E-state index contributed by atoms with van der Waals surface area (Å²) in [6.07, 6.45) is 1.58. The van der Waals surface area contributed by atoms with Crippen LogP contribution in [-0.4, -0.2) is 58.6 Å². The number of carbonyl (C=O) groups excluding carboxylic acids is 3. The number of hydrogen-bond acceptors (Lipinski definition) is 4. The lowest BCUT2D eigenvalue weighted by molar-refractivity contribution is -0.110. The van der Waals surface area contributed by atoms with Gasteiger partial charge in [0, 0.05) is 35.7 Å². The largest absolute Gasteiger partial charge is 0.358 e. The summed E-state index contributed by atoms with van der Waals surface area (Å²) in [6.45, 7) is 6.81. The minimum Gasteiger partial charge on any atom is -0.358 e. The van der Waals surface area contributed by atoms with Crippen LogP contribution in [0.4, 0.5) is 14.9 Å². The maximum Gasteiger partial charge on any atom is 0.323 e. The van der Waals surface area contributed by atoms with Crippen LogP contribution in [0.1, 0.15) is 39.8 Å². The second-order valence-electron chi connectivity index (χ2n) is 7.47. The Bertz CT molecular complexity index is 1090. The number of carbonyl (C=O) groups is 3. The highest BCUT2D eigenvalue weighted by molar-refractivity contribution is 6.64. The molecule has 31 heavy (non-hydrogen) atoms. The van der Waals surface area contributed by atoms with Crippen LogP contribution < -0.4 is 5.32 Å². The predicted molar refractivity (Wildman–Crippen MR) is 119 cm³/mol. The van der Waals surface area contributed by atoms with Crippen LogP contribution in [0.15, 0.2) is 18.2 Å². The van der Waals surface area contributed by atoms with E-state index >= 15 is 0 Å². The van der Waals surface area contributed by atoms with Crippen LogP contribution >= 0.6 is 11.6 Å². The van der Waals surface area contributed by atoms with E-state index in [4.69, 9.17) is 11.6 Å². The van der Waals surface area contributed by atoms with Gasteiger partial charge in [0.2, 0.25) is 0 Å². The number of anilines is 1. The minimum absolute atomic E-state index is 0.154. The number of rotatable bonds is 6. The van der Waals surface area contributed by atoms with Crippen LogP contribution in [-0.2, 0) is 4.79 Å². The highest BCUT2D eigenvalue weighted by atomic mass is 35.5. The van der Waals surface area contributed by atoms with Gasteiger partial charge in [-0.1, -0.05) is 6.92 Å². The number of imide groups is 1. The van der Waals surface area contributed by atoms with Crippen molar-refractivity contribution in [3.63, 3.8) is 0 Å². The Morgan fingerprint density at radius 2 is 1.94 bits per heavy atom. The van der Waals surface area contributed by atoms with Crippen LogP contribution in [0, 0.1) is 19.7 Å². The van der Waals surface area contributed by atoms with Crippen molar-refractivity contribution in [3.05, 3.63) is 52.1 Å². The summed E-state index contributed by atoms with van der Waals surface area (Å²) in [5, 5.41) is 1.84. The smallest absolute Gasteiger partial charge is 0.323 e. The summed E-state index contributed by atoms with van der Waals surface area (Å²) in [4.78, 5) is 43.5. The molecular weight excluding hydrogens is 423 g/mol. The summed E-state index contributed by atoms with van der Waals surface area (Å²) in [5.41, 5.74) is 3.21. The van der Waals surface area contributed by atoms with Gasteiger partial charge in [0.15, 0.2) is 0 Å². The van der Waals surface area contributed by atoms with Gasteiger partial charge in [-0.05, 0) is 68.9 Å². The van der Waals surface area contributed by atoms with Gasteiger partial charge < -0.3 is 15.2 Å². The Balaban J connectivity index is 1.97. The molecule has 7 nitrogen and oxygen atoms in total. The van der Waals surface area contributed by atoms with E-state index in [-0.39, 0.29) is 18.0 Å². The number of aryl methyl sites for hydroxylation is 1. The van der Waals surface area contributed by atoms with E-state index in [0.717, 1.165) is 11.4 Å². The zero-order chi connectivity index (χ0) is 22.9. The molecule has 1 aliphatic heterocycles. The molecule has 2 heterocycles. The van der Waals surface area contributed by atoms with Crippen molar-refractivity contribution in [1.82, 2.24) is 14.8 Å². The number of hydrogen-bond donors (Lipinski definition) is 2. The lowest BCUT2D eigenvalue weighted by atomic mass is 10.0. The highest BCUT2D eigenvalue weighted by Gasteiger charge is 2.29. The second kappa shape index (κ2) is 9.03. The standard InChI is InChI=1S/C22H24ClFN4O3/c1-5-27(4)8-9-28(22(23)31)21(30)19-12(2)18(25-13(19)3)11-16-15-10-14(24)6-7-17(15)26-20(16)29/h6-7,10-11,25H,5,8-9H2,1-4H3,(H,26,29)/b16-11-. The fourth-order valence-corrected chi connectivity index (χ4v) is 3.68. The average molecular weight is 447 g/mol. The van der Waals surface area contributed by atoms with Crippen LogP contribution in [0.25, 0.3) is 11.6 Å². The second-order valence-corrected chi connectivity index (χ2v) is 7.79. The third kappa shape index (κ3) is 4.55. The van der Waals surface area contributed by atoms with Gasteiger partial charge in [0.1, 0.15) is 5.82 Å². The summed E-state index contributed by atoms with van der Waals surface area (Å²) in [6, 6.07) is 4.06. The molecule has 164 valence electrons. The van der Waals surface area contributed by atoms with Crippen molar-refractivity contribution in [2.75, 3.05) is 32.0 Å². The average Bonchev–Trinajstić information content (AvgIpc) is 3.16. The number of aromatic nitrogens is 1. The lowest BCUT2D eigenvalue weighted by Gasteiger charge is -2.21. The first-order chi connectivity index (χ1) is 14.6. The van der Waals surface area contributed by atoms with Crippen molar-refractivity contribution in [3.8, 4) is 0 Å². The molecule has 2 aromatic rings. The highest BCUT2D eigenvalue weighted by Crippen LogP contribution is 2.34. The quantitative estimate of drug-likeness (QED) is 0.398. The number of nitrogens with zero attached hydrogens (tertiary/aromatic N) is 2. The topological polar surface area (TPSA) is 85.5 Å². The molecule has 0 aliphatic carbocycles. The number of fused-ring (bicyclic) bond motifs is 1. The molecule has 1 aromatic carbocycles. The fraction of sp³-hybridized carbons (Fsp3) is 0.318. The van der Waals surface area contributed by atoms with E-state index in [9.17, 15) is 18.8 Å². The Morgan fingerprint density at radius 1 is 1.23 bits per heavy atom. The SMILES string of the molecule is CCN(C)CCN(C(=O)Cl)C(=O)c1c(C)[nH]c(/C=C2\C(=O)Nc3ccc(F)cc32)c1C. The molecule has 2 N–H and O–H groups in total. The van der Waals surface area contributed by atoms with Gasteiger partial charge >= 0.3 is 5.37 Å². The molecule has 0 fully saturated rings. The Kier molecular flexibility index (Phi) is 6.62. The number of benzene rings is 1. The molecule has 9 heteroatoms. The van der Waals surface area contributed by atoms with Crippen molar-refractivity contribution in [1.29, 1.82) is 0 Å². The van der Waals surface area contributed by atoms with Crippen LogP contribution in [0.2, 0.25) is 0 Å². The number of amides is 3. The molecule has 0 spiro atoms. The molecule has 3 amide bonds. The zero-order valence-electron chi connectivity index (χ0n) is 17.8. The Morgan fingerprint density at radius 3 is 2.58 bits per heavy atom. The number of nitrogens with one attached hydrogen (secondary N) is 2. The molecule has 0 atom stereocenters. The van der Waals surface area contributed by atoms with Crippen LogP contribution in [0.3, 0.4) is 0 Å². The maximum absolute atomic E-state index is 13.7. The van der Waals surface area contributed by atoms with Gasteiger partial charge in [-0.3, -0.25) is 19.3 Å². The number of aromatic amines is 1. The van der Waals surface area contributed by atoms with Gasteiger partial charge in [0.25, 0.3) is 11.8 Å². The number of H-pyrrole nitrogens is 1. The molecule has 0 saturated heterocycles. The Hall–Kier alpha value is -2.97. The van der Waals surface area contributed by atoms with Gasteiger partial charge in [-0.25, -0.2) is 4.39 Å². The molecule has 1 aromatic heterocycles. The molecule has 1 aliphatic rings. The van der Waals surface area contributed by atoms with E-state index in [2.05, 4.69) is 10.3 Å². The van der Waals surface area contributed by atoms with Crippen LogP contribution in [0.5, 0.6) is 0 Å². The minimum atomic E-state index is -0.853. The molecule has 0 radical (unpaired) electrons. The van der Waals surface area contributed by atoms with E-state index in [1.165, 1.54) is 18.2 Å². The van der Waals surface area contributed by atoms with Gasteiger partial charge in [0.05, 0.1) is 11.1 Å². The first kappa shape index (κ1) is 22.7. The zero-order valence-corrected chi connectivity index (χ0v) is 18.6. The van der Waals surface area contributed by atoms with E-state index in [1.54, 1.807) is 19.9 Å². The van der Waals surface area contributed by atoms with Crippen molar-refractivity contribution < 1.29 is 18.8 Å². The normalized spacial score (nSPS) is 14.2. The van der Waals surface area contributed by atoms with Crippen molar-refractivity contribution in [2.45, 2.75) is 20.8 Å². The first-order valence-corrected chi connectivity index (χ1v) is 10.2. The van der Waals surface area contributed by atoms with E-state index < -0.39 is 17.1 Å². The van der Waals surface area contributed by atoms with E-state index in [0.29, 0.717) is 40.3 Å². The molecule has 0 saturated carbocycles. The summed E-state index contributed by atoms with van der Waals surface area (Å²) < 4.78 is 13.7. The molecule has 0 unspecified atom stereocenters. The number of halogens is 2.